The van der Waals surface area contributed by atoms with Crippen LogP contribution < -0.4 is 5.32 Å². The summed E-state index contributed by atoms with van der Waals surface area (Å²) in [6.07, 6.45) is 2.98. The Kier molecular flexibility index (Phi) is 4.69. The predicted octanol–water partition coefficient (Wildman–Crippen LogP) is 2.86. The summed E-state index contributed by atoms with van der Waals surface area (Å²) in [5.41, 5.74) is 1.82. The van der Waals surface area contributed by atoms with E-state index in [2.05, 4.69) is 5.32 Å². The number of nitrogens with one attached hydrogen (secondary N) is 1. The van der Waals surface area contributed by atoms with Gasteiger partial charge in [-0.05, 0) is 37.3 Å². The van der Waals surface area contributed by atoms with Crippen molar-refractivity contribution in [3.05, 3.63) is 29.3 Å². The fourth-order valence-electron chi connectivity index (χ4n) is 1.31. The lowest BCUT2D eigenvalue weighted by atomic mass is 10.1. The normalized spacial score (nSPS) is 10.1. The summed E-state index contributed by atoms with van der Waals surface area (Å²) in [6.45, 7) is 4.75. The average Bonchev–Trinajstić information content (AvgIpc) is 2.26. The van der Waals surface area contributed by atoms with Gasteiger partial charge in [0.05, 0.1) is 0 Å². The van der Waals surface area contributed by atoms with Gasteiger partial charge >= 0.3 is 0 Å². The molecule has 0 aliphatic rings. The van der Waals surface area contributed by atoms with Gasteiger partial charge in [-0.2, -0.15) is 0 Å². The first-order valence-corrected chi connectivity index (χ1v) is 6.34. The second-order valence-corrected chi connectivity index (χ2v) is 4.32. The van der Waals surface area contributed by atoms with Crippen molar-refractivity contribution < 1.29 is 4.79 Å². The molecule has 1 aromatic rings. The van der Waals surface area contributed by atoms with Crippen molar-refractivity contribution in [2.75, 3.05) is 12.8 Å². The Balaban J connectivity index is 2.86. The van der Waals surface area contributed by atoms with Gasteiger partial charge in [0.1, 0.15) is 0 Å². The van der Waals surface area contributed by atoms with Crippen LogP contribution in [0.25, 0.3) is 0 Å². The van der Waals surface area contributed by atoms with Crippen molar-refractivity contribution in [1.29, 1.82) is 0 Å². The van der Waals surface area contributed by atoms with E-state index >= 15 is 0 Å². The van der Waals surface area contributed by atoms with Crippen LogP contribution in [0.15, 0.2) is 23.1 Å². The molecule has 0 aromatic heterocycles. The number of thioether (sulfide) groups is 1. The van der Waals surface area contributed by atoms with Crippen molar-refractivity contribution in [2.24, 2.45) is 0 Å². The molecule has 0 fully saturated rings. The molecule has 0 atom stereocenters. The smallest absolute Gasteiger partial charge is 0.251 e. The van der Waals surface area contributed by atoms with Crippen molar-refractivity contribution in [3.8, 4) is 0 Å². The minimum atomic E-state index is 0.0326. The van der Waals surface area contributed by atoms with Gasteiger partial charge in [-0.1, -0.05) is 13.0 Å². The largest absolute Gasteiger partial charge is 0.352 e. The Morgan fingerprint density at radius 3 is 2.80 bits per heavy atom. The van der Waals surface area contributed by atoms with E-state index in [1.165, 1.54) is 0 Å². The standard InChI is InChI=1S/C12H17NOS/c1-4-7-13-12(14)11-8-10(15-3)6-5-9(11)2/h5-6,8H,4,7H2,1-3H3,(H,13,14). The summed E-state index contributed by atoms with van der Waals surface area (Å²) in [5.74, 6) is 0.0326. The highest BCUT2D eigenvalue weighted by Crippen LogP contribution is 2.18. The number of carbonyl (C=O) groups is 1. The molecule has 0 heterocycles. The first kappa shape index (κ1) is 12.1. The summed E-state index contributed by atoms with van der Waals surface area (Å²) >= 11 is 1.65. The maximum Gasteiger partial charge on any atom is 0.251 e. The summed E-state index contributed by atoms with van der Waals surface area (Å²) in [6, 6.07) is 5.98. The molecule has 0 saturated carbocycles. The topological polar surface area (TPSA) is 29.1 Å². The zero-order valence-electron chi connectivity index (χ0n) is 9.46. The van der Waals surface area contributed by atoms with Crippen molar-refractivity contribution >= 4 is 17.7 Å². The number of carbonyl (C=O) groups excluding carboxylic acids is 1. The van der Waals surface area contributed by atoms with E-state index in [1.54, 1.807) is 11.8 Å². The predicted molar refractivity (Wildman–Crippen MR) is 65.6 cm³/mol. The number of hydrogen-bond donors (Lipinski definition) is 1. The van der Waals surface area contributed by atoms with Crippen LogP contribution in [0.4, 0.5) is 0 Å². The van der Waals surface area contributed by atoms with E-state index in [0.29, 0.717) is 0 Å². The minimum absolute atomic E-state index is 0.0326. The maximum absolute atomic E-state index is 11.8. The third kappa shape index (κ3) is 3.27. The van der Waals surface area contributed by atoms with Crippen LogP contribution in [-0.4, -0.2) is 18.7 Å². The second-order valence-electron chi connectivity index (χ2n) is 3.44. The van der Waals surface area contributed by atoms with E-state index in [4.69, 9.17) is 0 Å². The van der Waals surface area contributed by atoms with E-state index in [-0.39, 0.29) is 5.91 Å². The molecule has 0 radical (unpaired) electrons. The fourth-order valence-corrected chi connectivity index (χ4v) is 1.75. The highest BCUT2D eigenvalue weighted by Gasteiger charge is 2.08. The first-order valence-electron chi connectivity index (χ1n) is 5.12. The van der Waals surface area contributed by atoms with Crippen LogP contribution in [0, 0.1) is 6.92 Å². The minimum Gasteiger partial charge on any atom is -0.352 e. The van der Waals surface area contributed by atoms with Gasteiger partial charge in [-0.15, -0.1) is 11.8 Å². The molecule has 15 heavy (non-hydrogen) atoms. The molecule has 82 valence electrons. The van der Waals surface area contributed by atoms with Crippen molar-refractivity contribution in [3.63, 3.8) is 0 Å². The Labute approximate surface area is 95.5 Å². The van der Waals surface area contributed by atoms with E-state index in [1.807, 2.05) is 38.3 Å². The second kappa shape index (κ2) is 5.81. The molecule has 0 unspecified atom stereocenters. The lowest BCUT2D eigenvalue weighted by Gasteiger charge is -2.08. The van der Waals surface area contributed by atoms with Crippen LogP contribution >= 0.6 is 11.8 Å². The van der Waals surface area contributed by atoms with Gasteiger partial charge in [-0.25, -0.2) is 0 Å². The maximum atomic E-state index is 11.8. The summed E-state index contributed by atoms with van der Waals surface area (Å²) in [4.78, 5) is 12.9. The third-order valence-corrected chi connectivity index (χ3v) is 2.95. The molecular formula is C12H17NOS. The van der Waals surface area contributed by atoms with Gasteiger partial charge in [0.25, 0.3) is 5.91 Å². The molecule has 1 amide bonds. The quantitative estimate of drug-likeness (QED) is 0.795. The highest BCUT2D eigenvalue weighted by molar-refractivity contribution is 7.98. The number of amides is 1. The average molecular weight is 223 g/mol. The SMILES string of the molecule is CCCNC(=O)c1cc(SC)ccc1C. The van der Waals surface area contributed by atoms with Gasteiger partial charge in [0, 0.05) is 17.0 Å². The van der Waals surface area contributed by atoms with Gasteiger partial charge in [0.15, 0.2) is 0 Å². The molecule has 0 spiro atoms. The zero-order valence-corrected chi connectivity index (χ0v) is 10.3. The molecule has 1 N–H and O–H groups in total. The molecule has 2 nitrogen and oxygen atoms in total. The molecule has 0 aliphatic carbocycles. The monoisotopic (exact) mass is 223 g/mol. The molecule has 0 aliphatic heterocycles. The Bertz CT molecular complexity index is 349. The van der Waals surface area contributed by atoms with Crippen LogP contribution in [0.1, 0.15) is 29.3 Å². The summed E-state index contributed by atoms with van der Waals surface area (Å²) in [5, 5.41) is 2.89. The zero-order chi connectivity index (χ0) is 11.3. The molecule has 0 bridgehead atoms. The Morgan fingerprint density at radius 1 is 1.47 bits per heavy atom. The number of benzene rings is 1. The Hall–Kier alpha value is -0.960. The molecule has 0 saturated heterocycles. The van der Waals surface area contributed by atoms with Gasteiger partial charge in [0.2, 0.25) is 0 Å². The number of aryl methyl sites for hydroxylation is 1. The molecule has 1 aromatic carbocycles. The lowest BCUT2D eigenvalue weighted by Crippen LogP contribution is -2.24. The Morgan fingerprint density at radius 2 is 2.20 bits per heavy atom. The van der Waals surface area contributed by atoms with Crippen LogP contribution in [0.2, 0.25) is 0 Å². The van der Waals surface area contributed by atoms with Crippen LogP contribution in [0.5, 0.6) is 0 Å². The first-order chi connectivity index (χ1) is 7.19. The summed E-state index contributed by atoms with van der Waals surface area (Å²) in [7, 11) is 0. The van der Waals surface area contributed by atoms with Gasteiger partial charge in [-0.3, -0.25) is 4.79 Å². The van der Waals surface area contributed by atoms with E-state index < -0.39 is 0 Å². The van der Waals surface area contributed by atoms with Crippen LogP contribution in [0.3, 0.4) is 0 Å². The van der Waals surface area contributed by atoms with Crippen molar-refractivity contribution in [1.82, 2.24) is 5.32 Å². The molecular weight excluding hydrogens is 206 g/mol. The summed E-state index contributed by atoms with van der Waals surface area (Å²) < 4.78 is 0. The van der Waals surface area contributed by atoms with E-state index in [9.17, 15) is 4.79 Å². The highest BCUT2D eigenvalue weighted by atomic mass is 32.2. The van der Waals surface area contributed by atoms with Gasteiger partial charge < -0.3 is 5.32 Å². The number of hydrogen-bond acceptors (Lipinski definition) is 2. The fraction of sp³-hybridized carbons (Fsp3) is 0.417. The van der Waals surface area contributed by atoms with Crippen molar-refractivity contribution in [2.45, 2.75) is 25.2 Å². The third-order valence-electron chi connectivity index (χ3n) is 2.22. The van der Waals surface area contributed by atoms with E-state index in [0.717, 1.165) is 29.0 Å². The molecule has 1 rings (SSSR count). The number of rotatable bonds is 4. The lowest BCUT2D eigenvalue weighted by molar-refractivity contribution is 0.0953. The van der Waals surface area contributed by atoms with Crippen LogP contribution in [-0.2, 0) is 0 Å². The molecule has 3 heteroatoms.